The summed E-state index contributed by atoms with van der Waals surface area (Å²) in [7, 11) is 4.19. The molecule has 1 aromatic rings. The van der Waals surface area contributed by atoms with Gasteiger partial charge in [0.2, 0.25) is 0 Å². The quantitative estimate of drug-likeness (QED) is 0.607. The summed E-state index contributed by atoms with van der Waals surface area (Å²) in [6.45, 7) is 15.7. The zero-order valence-electron chi connectivity index (χ0n) is 10.5. The number of nitrogens with zero attached hydrogens (tertiary/aromatic N) is 1. The van der Waals surface area contributed by atoms with Gasteiger partial charge in [-0.2, -0.15) is 0 Å². The van der Waals surface area contributed by atoms with E-state index < -0.39 is 0 Å². The van der Waals surface area contributed by atoms with Crippen LogP contribution in [0.1, 0.15) is 18.5 Å². The molecule has 0 saturated heterocycles. The van der Waals surface area contributed by atoms with Gasteiger partial charge in [0.1, 0.15) is 0 Å². The Labute approximate surface area is 119 Å². The Hall–Kier alpha value is -1.07. The van der Waals surface area contributed by atoms with Crippen LogP contribution in [0, 0.1) is 20.0 Å². The average molecular weight is 285 g/mol. The van der Waals surface area contributed by atoms with E-state index in [9.17, 15) is 0 Å². The van der Waals surface area contributed by atoms with Crippen molar-refractivity contribution in [3.05, 3.63) is 55.8 Å². The van der Waals surface area contributed by atoms with Crippen LogP contribution in [-0.4, -0.2) is 19.0 Å². The van der Waals surface area contributed by atoms with E-state index in [4.69, 9.17) is 14.0 Å². The first-order valence-electron chi connectivity index (χ1n) is 4.54. The van der Waals surface area contributed by atoms with Gasteiger partial charge in [0.05, 0.1) is 0 Å². The van der Waals surface area contributed by atoms with Crippen LogP contribution in [0.5, 0.6) is 0 Å². The maximum absolute atomic E-state index is 7.50. The van der Waals surface area contributed by atoms with Crippen LogP contribution in [0.3, 0.4) is 0 Å². The second-order valence-electron chi connectivity index (χ2n) is 3.05. The first-order chi connectivity index (χ1) is 8.22. The molecule has 0 radical (unpaired) electrons. The second-order valence-corrected chi connectivity index (χ2v) is 3.05. The third kappa shape index (κ3) is 13.0. The first kappa shape index (κ1) is 25.7. The Balaban J connectivity index is -0.000000123. The van der Waals surface area contributed by atoms with Gasteiger partial charge in [0.15, 0.2) is 0 Å². The van der Waals surface area contributed by atoms with Gasteiger partial charge in [0.25, 0.3) is 0 Å². The molecule has 0 bridgehead atoms. The molecule has 18 heavy (non-hydrogen) atoms. The van der Waals surface area contributed by atoms with Crippen molar-refractivity contribution in [2.75, 3.05) is 14.1 Å². The predicted molar refractivity (Wildman–Crippen MR) is 60.3 cm³/mol. The Morgan fingerprint density at radius 2 is 1.22 bits per heavy atom. The molecule has 0 amide bonds. The topological polar surface area (TPSA) is 62.9 Å². The fourth-order valence-corrected chi connectivity index (χ4v) is 1.03. The van der Waals surface area contributed by atoms with E-state index in [1.54, 1.807) is 0 Å². The van der Waals surface area contributed by atoms with E-state index >= 15 is 0 Å². The zero-order valence-corrected chi connectivity index (χ0v) is 11.8. The molecule has 1 aromatic carbocycles. The molecule has 0 saturated carbocycles. The standard InChI is InChI=1S/C10H15N.3CO.Cr/c1-9(11(2)3)10-7-5-4-6-8-10;3*1-2;/h4-9H,1-3H3;;;;/t9-;;;;/m1..../s1. The third-order valence-corrected chi connectivity index (χ3v) is 2.06. The fourth-order valence-electron chi connectivity index (χ4n) is 1.03. The Kier molecular flexibility index (Phi) is 30.3. The summed E-state index contributed by atoms with van der Waals surface area (Å²) < 4.78 is 22.5. The van der Waals surface area contributed by atoms with E-state index in [-0.39, 0.29) is 17.4 Å². The van der Waals surface area contributed by atoms with Gasteiger partial charge in [-0.25, -0.2) is 0 Å². The van der Waals surface area contributed by atoms with Crippen LogP contribution < -0.4 is 0 Å². The Bertz CT molecular complexity index is 306. The predicted octanol–water partition coefficient (Wildman–Crippen LogP) is 2.19. The van der Waals surface area contributed by atoms with Gasteiger partial charge in [-0.05, 0) is 26.6 Å². The molecule has 0 N–H and O–H groups in total. The van der Waals surface area contributed by atoms with Crippen molar-refractivity contribution < 1.29 is 31.3 Å². The molecule has 1 atom stereocenters. The Morgan fingerprint density at radius 1 is 0.889 bits per heavy atom. The number of hydrogen-bond donors (Lipinski definition) is 0. The maximum Gasteiger partial charge on any atom is 0 e. The van der Waals surface area contributed by atoms with Gasteiger partial charge in [-0.1, -0.05) is 30.3 Å². The van der Waals surface area contributed by atoms with Crippen molar-refractivity contribution in [3.8, 4) is 0 Å². The molecule has 0 aliphatic rings. The van der Waals surface area contributed by atoms with Gasteiger partial charge in [0, 0.05) is 23.4 Å². The summed E-state index contributed by atoms with van der Waals surface area (Å²) in [5, 5.41) is 0. The average Bonchev–Trinajstić information content (AvgIpc) is 2.45. The second kappa shape index (κ2) is 21.2. The van der Waals surface area contributed by atoms with Crippen LogP contribution in [0.4, 0.5) is 0 Å². The molecule has 0 unspecified atom stereocenters. The van der Waals surface area contributed by atoms with E-state index in [0.29, 0.717) is 6.04 Å². The smallest absolute Gasteiger partial charge is 0 e. The van der Waals surface area contributed by atoms with Crippen LogP contribution in [-0.2, 0) is 31.3 Å². The summed E-state index contributed by atoms with van der Waals surface area (Å²) in [5.41, 5.74) is 1.37. The molecule has 0 aliphatic carbocycles. The number of benzene rings is 1. The molecule has 0 heterocycles. The van der Waals surface area contributed by atoms with Crippen molar-refractivity contribution in [2.45, 2.75) is 13.0 Å². The largest absolute Gasteiger partial charge is 0 e. The van der Waals surface area contributed by atoms with Gasteiger partial charge >= 0.3 is 33.9 Å². The van der Waals surface area contributed by atoms with Crippen molar-refractivity contribution in [3.63, 3.8) is 0 Å². The van der Waals surface area contributed by atoms with Gasteiger partial charge in [-0.3, -0.25) is 0 Å². The van der Waals surface area contributed by atoms with Gasteiger partial charge in [-0.15, -0.1) is 0 Å². The maximum atomic E-state index is 7.50. The molecule has 0 fully saturated rings. The van der Waals surface area contributed by atoms with Crippen LogP contribution >= 0.6 is 0 Å². The first-order valence-corrected chi connectivity index (χ1v) is 4.54. The molecule has 5 heteroatoms. The van der Waals surface area contributed by atoms with Crippen molar-refractivity contribution in [2.24, 2.45) is 0 Å². The van der Waals surface area contributed by atoms with Crippen molar-refractivity contribution in [1.29, 1.82) is 0 Å². The molecular weight excluding hydrogens is 270 g/mol. The van der Waals surface area contributed by atoms with Crippen molar-refractivity contribution in [1.82, 2.24) is 4.90 Å². The molecule has 96 valence electrons. The third-order valence-electron chi connectivity index (χ3n) is 2.06. The summed E-state index contributed by atoms with van der Waals surface area (Å²) in [4.78, 5) is 2.20. The minimum Gasteiger partial charge on any atom is 0 e. The molecule has 4 nitrogen and oxygen atoms in total. The number of rotatable bonds is 2. The number of hydrogen-bond acceptors (Lipinski definition) is 1. The summed E-state index contributed by atoms with van der Waals surface area (Å²) >= 11 is 0. The van der Waals surface area contributed by atoms with Gasteiger partial charge < -0.3 is 4.90 Å². The zero-order chi connectivity index (χ0) is 14.3. The minimum absolute atomic E-state index is 0. The monoisotopic (exact) mass is 285 g/mol. The summed E-state index contributed by atoms with van der Waals surface area (Å²) in [5.74, 6) is 0. The molecule has 0 aromatic heterocycles. The SMILES string of the molecule is C[C@H](c1ccccc1)N(C)C.[C-]#[O+].[C-]#[O+].[C-]#[O+].[Cr]. The minimum atomic E-state index is 0. The van der Waals surface area contributed by atoms with Crippen LogP contribution in [0.15, 0.2) is 30.3 Å². The van der Waals surface area contributed by atoms with Crippen molar-refractivity contribution >= 4 is 0 Å². The Morgan fingerprint density at radius 3 is 1.50 bits per heavy atom. The van der Waals surface area contributed by atoms with E-state index in [0.717, 1.165) is 0 Å². The van der Waals surface area contributed by atoms with E-state index in [2.05, 4.69) is 70.1 Å². The van der Waals surface area contributed by atoms with E-state index in [1.165, 1.54) is 5.56 Å². The summed E-state index contributed by atoms with van der Waals surface area (Å²) in [6, 6.07) is 11.0. The molecule has 0 spiro atoms. The summed E-state index contributed by atoms with van der Waals surface area (Å²) in [6.07, 6.45) is 0. The van der Waals surface area contributed by atoms with Crippen LogP contribution in [0.2, 0.25) is 0 Å². The normalized spacial score (nSPS) is 8.56. The molecule has 0 aliphatic heterocycles. The van der Waals surface area contributed by atoms with Crippen LogP contribution in [0.25, 0.3) is 0 Å². The molecule has 1 rings (SSSR count). The molecular formula is C13H15CrNO3. The fraction of sp³-hybridized carbons (Fsp3) is 0.308. The van der Waals surface area contributed by atoms with E-state index in [1.807, 2.05) is 6.07 Å².